The number of nitrogens with one attached hydrogen (secondary N) is 2. The van der Waals surface area contributed by atoms with E-state index in [4.69, 9.17) is 10.2 Å². The van der Waals surface area contributed by atoms with Gasteiger partial charge in [0.25, 0.3) is 0 Å². The van der Waals surface area contributed by atoms with Gasteiger partial charge in [-0.05, 0) is 26.3 Å². The number of aliphatic hydroxyl groups excluding tert-OH is 5. The van der Waals surface area contributed by atoms with Crippen molar-refractivity contribution in [2.45, 2.75) is 43.6 Å². The van der Waals surface area contributed by atoms with Crippen LogP contribution in [-0.4, -0.2) is 83.2 Å². The molecule has 0 aromatic carbocycles. The number of carbonyl (C=O) groups excluding carboxylic acids is 1. The number of esters is 1. The number of unbranched alkanes of at least 4 members (excludes halogenated alkanes) is 1. The van der Waals surface area contributed by atoms with Gasteiger partial charge in [0.05, 0.1) is 13.7 Å². The van der Waals surface area contributed by atoms with E-state index in [9.17, 15) is 20.1 Å². The molecule has 0 amide bonds. The molecule has 0 aliphatic carbocycles. The summed E-state index contributed by atoms with van der Waals surface area (Å²) in [6.45, 7) is -0.251. The average molecular weight is 336 g/mol. The first-order valence-corrected chi connectivity index (χ1v) is 7.41. The predicted molar refractivity (Wildman–Crippen MR) is 82.5 cm³/mol. The molecule has 0 fully saturated rings. The van der Waals surface area contributed by atoms with Crippen molar-refractivity contribution in [2.24, 2.45) is 0 Å². The number of aliphatic hydroxyl groups is 5. The third-order valence-corrected chi connectivity index (χ3v) is 3.36. The van der Waals surface area contributed by atoms with Crippen LogP contribution in [0.4, 0.5) is 0 Å². The van der Waals surface area contributed by atoms with Crippen LogP contribution in [0, 0.1) is 0 Å². The molecule has 0 aliphatic heterocycles. The highest BCUT2D eigenvalue weighted by Crippen LogP contribution is 2.07. The zero-order valence-corrected chi connectivity index (χ0v) is 13.5. The first-order valence-electron chi connectivity index (χ1n) is 7.41. The van der Waals surface area contributed by atoms with E-state index in [1.807, 2.05) is 0 Å². The molecule has 0 aliphatic rings. The Balaban J connectivity index is 4.03. The fourth-order valence-corrected chi connectivity index (χ4v) is 1.85. The molecule has 0 aromatic rings. The highest BCUT2D eigenvalue weighted by atomic mass is 16.5. The summed E-state index contributed by atoms with van der Waals surface area (Å²) in [5, 5.41) is 51.9. The summed E-state index contributed by atoms with van der Waals surface area (Å²) in [5.41, 5.74) is 0. The zero-order valence-electron chi connectivity index (χ0n) is 13.5. The van der Waals surface area contributed by atoms with Crippen LogP contribution in [-0.2, 0) is 9.53 Å². The van der Waals surface area contributed by atoms with Gasteiger partial charge in [0, 0.05) is 12.7 Å². The van der Waals surface area contributed by atoms with E-state index in [-0.39, 0.29) is 12.0 Å². The second-order valence-electron chi connectivity index (χ2n) is 5.07. The second kappa shape index (κ2) is 12.1. The summed E-state index contributed by atoms with van der Waals surface area (Å²) in [7, 11) is 3.00. The summed E-state index contributed by atoms with van der Waals surface area (Å²) >= 11 is 0. The van der Waals surface area contributed by atoms with E-state index < -0.39 is 30.7 Å². The van der Waals surface area contributed by atoms with Crippen LogP contribution in [0.5, 0.6) is 0 Å². The van der Waals surface area contributed by atoms with Crippen LogP contribution in [0.15, 0.2) is 12.0 Å². The largest absolute Gasteiger partial charge is 0.508 e. The molecule has 4 unspecified atom stereocenters. The van der Waals surface area contributed by atoms with Crippen molar-refractivity contribution in [3.05, 3.63) is 12.0 Å². The standard InChI is InChI=1S/C14H28N2O7/c1-15-9(14(22)23-2)5-3-4-6-16-7-10(18)12(20)13(21)11(19)8-17/h7,9,11-13,15-21H,3-6,8H2,1-2H3/b10-7-. The Kier molecular flexibility index (Phi) is 11.4. The molecule has 7 N–H and O–H groups in total. The Morgan fingerprint density at radius 2 is 1.91 bits per heavy atom. The average Bonchev–Trinajstić information content (AvgIpc) is 2.58. The molecule has 9 nitrogen and oxygen atoms in total. The van der Waals surface area contributed by atoms with E-state index in [2.05, 4.69) is 15.4 Å². The smallest absolute Gasteiger partial charge is 0.322 e. The highest BCUT2D eigenvalue weighted by Gasteiger charge is 2.26. The minimum absolute atomic E-state index is 0.322. The molecular weight excluding hydrogens is 308 g/mol. The van der Waals surface area contributed by atoms with E-state index in [0.717, 1.165) is 12.6 Å². The number of likely N-dealkylation sites (N-methyl/N-ethyl adjacent to an activating group) is 1. The first kappa shape index (κ1) is 21.6. The van der Waals surface area contributed by atoms with Crippen molar-refractivity contribution in [2.75, 3.05) is 27.3 Å². The molecule has 9 heteroatoms. The van der Waals surface area contributed by atoms with Gasteiger partial charge in [-0.3, -0.25) is 4.79 Å². The molecule has 0 saturated carbocycles. The Bertz CT molecular complexity index is 365. The quantitative estimate of drug-likeness (QED) is 0.122. The number of ether oxygens (including phenoxy) is 1. The van der Waals surface area contributed by atoms with Crippen molar-refractivity contribution in [1.29, 1.82) is 0 Å². The number of methoxy groups -OCH3 is 1. The van der Waals surface area contributed by atoms with E-state index in [1.165, 1.54) is 7.11 Å². The van der Waals surface area contributed by atoms with Gasteiger partial charge >= 0.3 is 5.97 Å². The summed E-state index contributed by atoms with van der Waals surface area (Å²) in [6.07, 6.45) is -1.77. The fourth-order valence-electron chi connectivity index (χ4n) is 1.85. The van der Waals surface area contributed by atoms with Crippen LogP contribution < -0.4 is 10.6 Å². The lowest BCUT2D eigenvalue weighted by Gasteiger charge is -2.20. The number of hydrogen-bond acceptors (Lipinski definition) is 9. The molecule has 23 heavy (non-hydrogen) atoms. The minimum atomic E-state index is -1.70. The maximum absolute atomic E-state index is 11.3. The van der Waals surface area contributed by atoms with Gasteiger partial charge in [0.2, 0.25) is 0 Å². The topological polar surface area (TPSA) is 152 Å². The van der Waals surface area contributed by atoms with E-state index >= 15 is 0 Å². The fraction of sp³-hybridized carbons (Fsp3) is 0.786. The molecule has 0 heterocycles. The lowest BCUT2D eigenvalue weighted by atomic mass is 10.1. The van der Waals surface area contributed by atoms with Crippen LogP contribution in [0.2, 0.25) is 0 Å². The van der Waals surface area contributed by atoms with Gasteiger partial charge in [0.1, 0.15) is 30.1 Å². The van der Waals surface area contributed by atoms with Crippen molar-refractivity contribution < 1.29 is 35.1 Å². The van der Waals surface area contributed by atoms with Crippen LogP contribution >= 0.6 is 0 Å². The van der Waals surface area contributed by atoms with Crippen LogP contribution in [0.25, 0.3) is 0 Å². The maximum atomic E-state index is 11.3. The molecule has 0 bridgehead atoms. The number of rotatable bonds is 12. The van der Waals surface area contributed by atoms with Crippen molar-refractivity contribution >= 4 is 5.97 Å². The molecule has 4 atom stereocenters. The van der Waals surface area contributed by atoms with Gasteiger partial charge in [0.15, 0.2) is 0 Å². The highest BCUT2D eigenvalue weighted by molar-refractivity contribution is 5.75. The monoisotopic (exact) mass is 336 g/mol. The summed E-state index contributed by atoms with van der Waals surface area (Å²) in [6, 6.07) is -0.360. The Morgan fingerprint density at radius 3 is 2.43 bits per heavy atom. The molecule has 0 radical (unpaired) electrons. The van der Waals surface area contributed by atoms with E-state index in [1.54, 1.807) is 7.05 Å². The molecule has 136 valence electrons. The van der Waals surface area contributed by atoms with Gasteiger partial charge in [-0.2, -0.15) is 0 Å². The van der Waals surface area contributed by atoms with Gasteiger partial charge < -0.3 is 40.9 Å². The summed E-state index contributed by atoms with van der Waals surface area (Å²) in [5.74, 6) is -0.870. The third-order valence-electron chi connectivity index (χ3n) is 3.36. The SMILES string of the molecule is CNC(CCCCN/C=C(\O)C(O)C(O)C(O)CO)C(=O)OC. The van der Waals surface area contributed by atoms with Crippen molar-refractivity contribution in [1.82, 2.24) is 10.6 Å². The Labute approximate surface area is 135 Å². The molecular formula is C14H28N2O7. The third kappa shape index (κ3) is 8.14. The van der Waals surface area contributed by atoms with Crippen LogP contribution in [0.3, 0.4) is 0 Å². The Morgan fingerprint density at radius 1 is 1.26 bits per heavy atom. The first-order chi connectivity index (χ1) is 10.9. The summed E-state index contributed by atoms with van der Waals surface area (Å²) in [4.78, 5) is 11.3. The maximum Gasteiger partial charge on any atom is 0.322 e. The molecule has 0 rings (SSSR count). The van der Waals surface area contributed by atoms with Crippen LogP contribution in [0.1, 0.15) is 19.3 Å². The predicted octanol–water partition coefficient (Wildman–Crippen LogP) is -2.02. The zero-order chi connectivity index (χ0) is 17.8. The lowest BCUT2D eigenvalue weighted by molar-refractivity contribution is -0.143. The minimum Gasteiger partial charge on any atom is -0.508 e. The summed E-state index contributed by atoms with van der Waals surface area (Å²) < 4.78 is 4.64. The van der Waals surface area contributed by atoms with Crippen molar-refractivity contribution in [3.63, 3.8) is 0 Å². The molecule has 0 spiro atoms. The number of hydrogen-bond donors (Lipinski definition) is 7. The Hall–Kier alpha value is -1.39. The normalized spacial score (nSPS) is 17.2. The lowest BCUT2D eigenvalue weighted by Crippen LogP contribution is -2.40. The van der Waals surface area contributed by atoms with Gasteiger partial charge in [-0.15, -0.1) is 0 Å². The molecule has 0 aromatic heterocycles. The van der Waals surface area contributed by atoms with Gasteiger partial charge in [-0.25, -0.2) is 0 Å². The van der Waals surface area contributed by atoms with Gasteiger partial charge in [-0.1, -0.05) is 0 Å². The number of carbonyl (C=O) groups is 1. The van der Waals surface area contributed by atoms with E-state index in [0.29, 0.717) is 19.4 Å². The van der Waals surface area contributed by atoms with Crippen molar-refractivity contribution in [3.8, 4) is 0 Å². The second-order valence-corrected chi connectivity index (χ2v) is 5.07. The molecule has 0 saturated heterocycles.